The lowest BCUT2D eigenvalue weighted by atomic mass is 10.2. The average molecular weight is 162 g/mol. The van der Waals surface area contributed by atoms with Crippen molar-refractivity contribution >= 4 is 11.8 Å². The Balaban J connectivity index is 3.21. The van der Waals surface area contributed by atoms with E-state index in [1.165, 1.54) is 0 Å². The lowest BCUT2D eigenvalue weighted by molar-refractivity contribution is 0.107. The third-order valence-corrected chi connectivity index (χ3v) is 2.72. The van der Waals surface area contributed by atoms with Crippen LogP contribution < -0.4 is 0 Å². The second-order valence-corrected chi connectivity index (χ2v) is 4.75. The van der Waals surface area contributed by atoms with Gasteiger partial charge in [-0.1, -0.05) is 13.8 Å². The number of aliphatic hydroxyl groups is 1. The maximum atomic E-state index is 9.31. The Bertz CT molecular complexity index is 83.7. The van der Waals surface area contributed by atoms with Gasteiger partial charge in [0.05, 0.1) is 5.60 Å². The van der Waals surface area contributed by atoms with Crippen molar-refractivity contribution in [2.24, 2.45) is 5.92 Å². The molecule has 0 aliphatic heterocycles. The molecule has 0 heterocycles. The van der Waals surface area contributed by atoms with Crippen LogP contribution in [-0.2, 0) is 0 Å². The second-order valence-electron chi connectivity index (χ2n) is 3.72. The van der Waals surface area contributed by atoms with Gasteiger partial charge in [-0.25, -0.2) is 0 Å². The molecule has 0 aromatic heterocycles. The minimum absolute atomic E-state index is 0.500. The summed E-state index contributed by atoms with van der Waals surface area (Å²) in [6.45, 7) is 8.08. The molecular formula is C8H18OS. The van der Waals surface area contributed by atoms with E-state index in [-0.39, 0.29) is 0 Å². The monoisotopic (exact) mass is 162 g/mol. The van der Waals surface area contributed by atoms with Crippen molar-refractivity contribution in [3.8, 4) is 0 Å². The first kappa shape index (κ1) is 10.3. The molecule has 0 saturated heterocycles. The van der Waals surface area contributed by atoms with Crippen LogP contribution in [0.5, 0.6) is 0 Å². The van der Waals surface area contributed by atoms with Gasteiger partial charge in [0, 0.05) is 5.75 Å². The highest BCUT2D eigenvalue weighted by Crippen LogP contribution is 2.14. The molecule has 0 radical (unpaired) electrons. The van der Waals surface area contributed by atoms with Crippen molar-refractivity contribution in [1.82, 2.24) is 0 Å². The van der Waals surface area contributed by atoms with Crippen molar-refractivity contribution in [2.75, 3.05) is 11.5 Å². The molecule has 1 N–H and O–H groups in total. The van der Waals surface area contributed by atoms with E-state index in [1.807, 2.05) is 25.6 Å². The summed E-state index contributed by atoms with van der Waals surface area (Å²) in [6.07, 6.45) is 0. The summed E-state index contributed by atoms with van der Waals surface area (Å²) in [5.74, 6) is 2.71. The van der Waals surface area contributed by atoms with Gasteiger partial charge in [-0.05, 0) is 25.5 Å². The predicted molar refractivity (Wildman–Crippen MR) is 48.5 cm³/mol. The highest BCUT2D eigenvalue weighted by molar-refractivity contribution is 7.99. The first-order valence-corrected chi connectivity index (χ1v) is 4.87. The fourth-order valence-corrected chi connectivity index (χ4v) is 1.63. The minimum atomic E-state index is -0.500. The van der Waals surface area contributed by atoms with Crippen LogP contribution in [0.2, 0.25) is 0 Å². The lowest BCUT2D eigenvalue weighted by Gasteiger charge is -2.16. The molecule has 0 rings (SSSR count). The molecule has 0 saturated carbocycles. The molecule has 0 aromatic carbocycles. The van der Waals surface area contributed by atoms with E-state index in [0.717, 1.165) is 17.4 Å². The quantitative estimate of drug-likeness (QED) is 0.683. The summed E-state index contributed by atoms with van der Waals surface area (Å²) in [4.78, 5) is 0. The zero-order chi connectivity index (χ0) is 8.20. The summed E-state index contributed by atoms with van der Waals surface area (Å²) in [5, 5.41) is 9.31. The first-order valence-electron chi connectivity index (χ1n) is 3.72. The fourth-order valence-electron chi connectivity index (χ4n) is 0.544. The van der Waals surface area contributed by atoms with Crippen molar-refractivity contribution in [3.05, 3.63) is 0 Å². The van der Waals surface area contributed by atoms with E-state index in [9.17, 15) is 5.11 Å². The molecule has 0 aliphatic rings. The van der Waals surface area contributed by atoms with E-state index in [4.69, 9.17) is 0 Å². The van der Waals surface area contributed by atoms with Crippen LogP contribution in [-0.4, -0.2) is 22.2 Å². The Labute approximate surface area is 68.2 Å². The molecule has 10 heavy (non-hydrogen) atoms. The van der Waals surface area contributed by atoms with E-state index in [0.29, 0.717) is 0 Å². The van der Waals surface area contributed by atoms with E-state index >= 15 is 0 Å². The highest BCUT2D eigenvalue weighted by atomic mass is 32.2. The van der Waals surface area contributed by atoms with Crippen molar-refractivity contribution < 1.29 is 5.11 Å². The molecule has 0 spiro atoms. The summed E-state index contributed by atoms with van der Waals surface area (Å²) in [7, 11) is 0. The zero-order valence-corrected chi connectivity index (χ0v) is 8.16. The maximum absolute atomic E-state index is 9.31. The van der Waals surface area contributed by atoms with Crippen LogP contribution in [0.25, 0.3) is 0 Å². The average Bonchev–Trinajstić information content (AvgIpc) is 1.59. The van der Waals surface area contributed by atoms with Gasteiger partial charge >= 0.3 is 0 Å². The maximum Gasteiger partial charge on any atom is 0.0681 e. The smallest absolute Gasteiger partial charge is 0.0681 e. The Hall–Kier alpha value is 0.310. The molecule has 1 nitrogen and oxygen atoms in total. The van der Waals surface area contributed by atoms with Crippen LogP contribution in [0, 0.1) is 5.92 Å². The van der Waals surface area contributed by atoms with Crippen LogP contribution in [0.3, 0.4) is 0 Å². The van der Waals surface area contributed by atoms with Gasteiger partial charge in [0.25, 0.3) is 0 Å². The molecule has 0 aliphatic carbocycles. The molecule has 62 valence electrons. The van der Waals surface area contributed by atoms with Gasteiger partial charge in [0.15, 0.2) is 0 Å². The van der Waals surface area contributed by atoms with E-state index < -0.39 is 5.60 Å². The van der Waals surface area contributed by atoms with Crippen molar-refractivity contribution in [2.45, 2.75) is 33.3 Å². The van der Waals surface area contributed by atoms with Gasteiger partial charge in [-0.3, -0.25) is 0 Å². The Morgan fingerprint density at radius 1 is 1.40 bits per heavy atom. The fraction of sp³-hybridized carbons (Fsp3) is 1.00. The Kier molecular flexibility index (Phi) is 4.37. The molecule has 0 atom stereocenters. The molecule has 2 heteroatoms. The molecule has 0 unspecified atom stereocenters. The van der Waals surface area contributed by atoms with Gasteiger partial charge in [0.2, 0.25) is 0 Å². The van der Waals surface area contributed by atoms with Crippen molar-refractivity contribution in [3.63, 3.8) is 0 Å². The molecule has 0 aromatic rings. The standard InChI is InChI=1S/C8H18OS/c1-7(2)5-10-6-8(3,4)9/h7,9H,5-6H2,1-4H3. The third-order valence-electron chi connectivity index (χ3n) is 0.906. The summed E-state index contributed by atoms with van der Waals surface area (Å²) in [6, 6.07) is 0. The molecule has 0 amide bonds. The van der Waals surface area contributed by atoms with Crippen LogP contribution in [0.1, 0.15) is 27.7 Å². The second kappa shape index (κ2) is 4.24. The van der Waals surface area contributed by atoms with Crippen LogP contribution in [0.15, 0.2) is 0 Å². The summed E-state index contributed by atoms with van der Waals surface area (Å²) >= 11 is 1.82. The normalized spacial score (nSPS) is 12.6. The van der Waals surface area contributed by atoms with Gasteiger partial charge in [-0.15, -0.1) is 0 Å². The number of hydrogen-bond acceptors (Lipinski definition) is 2. The third kappa shape index (κ3) is 8.31. The van der Waals surface area contributed by atoms with Gasteiger partial charge < -0.3 is 5.11 Å². The Morgan fingerprint density at radius 3 is 2.20 bits per heavy atom. The summed E-state index contributed by atoms with van der Waals surface area (Å²) in [5.41, 5.74) is -0.500. The zero-order valence-electron chi connectivity index (χ0n) is 7.35. The number of rotatable bonds is 4. The van der Waals surface area contributed by atoms with E-state index in [2.05, 4.69) is 13.8 Å². The SMILES string of the molecule is CC(C)CSCC(C)(C)O. The van der Waals surface area contributed by atoms with E-state index in [1.54, 1.807) is 0 Å². The van der Waals surface area contributed by atoms with Gasteiger partial charge in [-0.2, -0.15) is 11.8 Å². The predicted octanol–water partition coefficient (Wildman–Crippen LogP) is 2.15. The minimum Gasteiger partial charge on any atom is -0.390 e. The van der Waals surface area contributed by atoms with Crippen molar-refractivity contribution in [1.29, 1.82) is 0 Å². The van der Waals surface area contributed by atoms with Crippen LogP contribution >= 0.6 is 11.8 Å². The lowest BCUT2D eigenvalue weighted by Crippen LogP contribution is -2.22. The number of thioether (sulfide) groups is 1. The first-order chi connectivity index (χ1) is 4.42. The summed E-state index contributed by atoms with van der Waals surface area (Å²) < 4.78 is 0. The highest BCUT2D eigenvalue weighted by Gasteiger charge is 2.11. The topological polar surface area (TPSA) is 20.2 Å². The molecule has 0 fully saturated rings. The van der Waals surface area contributed by atoms with Gasteiger partial charge in [0.1, 0.15) is 0 Å². The molecule has 0 bridgehead atoms. The van der Waals surface area contributed by atoms with Crippen LogP contribution in [0.4, 0.5) is 0 Å². The number of hydrogen-bond donors (Lipinski definition) is 1. The largest absolute Gasteiger partial charge is 0.390 e. The molecular weight excluding hydrogens is 144 g/mol. The Morgan fingerprint density at radius 2 is 1.90 bits per heavy atom.